The van der Waals surface area contributed by atoms with Crippen LogP contribution in [0.4, 0.5) is 0 Å². The van der Waals surface area contributed by atoms with Gasteiger partial charge in [-0.05, 0) is 42.7 Å². The van der Waals surface area contributed by atoms with Crippen LogP contribution in [0.2, 0.25) is 0 Å². The molecule has 5 nitrogen and oxygen atoms in total. The van der Waals surface area contributed by atoms with Crippen molar-refractivity contribution in [3.05, 3.63) is 53.1 Å². The Bertz CT molecular complexity index is 983. The molecule has 1 saturated heterocycles. The number of benzene rings is 2. The number of hydrogen-bond donors (Lipinski definition) is 0. The van der Waals surface area contributed by atoms with Gasteiger partial charge in [0.1, 0.15) is 11.9 Å². The number of rotatable bonds is 5. The highest BCUT2D eigenvalue weighted by Crippen LogP contribution is 2.33. The molecular weight excluding hydrogens is 384 g/mol. The Balaban J connectivity index is 1.34. The number of carbonyl (C=O) groups is 1. The third-order valence-corrected chi connectivity index (χ3v) is 6.56. The van der Waals surface area contributed by atoms with Gasteiger partial charge in [0.25, 0.3) is 5.19 Å². The smallest absolute Gasteiger partial charge is 0.274 e. The molecule has 0 bridgehead atoms. The molecule has 1 aliphatic heterocycles. The lowest BCUT2D eigenvalue weighted by molar-refractivity contribution is -0.132. The predicted molar refractivity (Wildman–Crippen MR) is 116 cm³/mol. The number of piperidine rings is 1. The van der Waals surface area contributed by atoms with Crippen LogP contribution in [0.5, 0.6) is 10.9 Å². The maximum absolute atomic E-state index is 12.7. The Morgan fingerprint density at radius 2 is 1.93 bits per heavy atom. The molecule has 0 saturated carbocycles. The number of likely N-dealkylation sites (tertiary alicyclic amines) is 1. The zero-order chi connectivity index (χ0) is 20.4. The summed E-state index contributed by atoms with van der Waals surface area (Å²) in [6.45, 7) is 5.63. The van der Waals surface area contributed by atoms with Gasteiger partial charge in [-0.2, -0.15) is 0 Å². The monoisotopic (exact) mass is 410 g/mol. The van der Waals surface area contributed by atoms with Gasteiger partial charge in [-0.15, -0.1) is 0 Å². The summed E-state index contributed by atoms with van der Waals surface area (Å²) < 4.78 is 12.6. The maximum atomic E-state index is 12.7. The molecule has 1 amide bonds. The van der Waals surface area contributed by atoms with Gasteiger partial charge < -0.3 is 14.4 Å². The minimum absolute atomic E-state index is 0.108. The molecule has 0 N–H and O–H groups in total. The Hall–Kier alpha value is -2.60. The first-order chi connectivity index (χ1) is 14.0. The first-order valence-electron chi connectivity index (χ1n) is 9.97. The predicted octanol–water partition coefficient (Wildman–Crippen LogP) is 4.53. The second kappa shape index (κ2) is 8.41. The minimum atomic E-state index is 0.108. The third kappa shape index (κ3) is 4.37. The molecule has 1 fully saturated rings. The molecule has 2 aromatic carbocycles. The fraction of sp³-hybridized carbons (Fsp3) is 0.391. The van der Waals surface area contributed by atoms with Crippen molar-refractivity contribution in [2.24, 2.45) is 0 Å². The van der Waals surface area contributed by atoms with Crippen LogP contribution in [0.1, 0.15) is 29.5 Å². The van der Waals surface area contributed by atoms with Crippen molar-refractivity contribution in [2.45, 2.75) is 39.2 Å². The van der Waals surface area contributed by atoms with Gasteiger partial charge in [0.15, 0.2) is 0 Å². The van der Waals surface area contributed by atoms with Crippen LogP contribution in [0.25, 0.3) is 10.2 Å². The van der Waals surface area contributed by atoms with E-state index < -0.39 is 0 Å². The van der Waals surface area contributed by atoms with E-state index in [2.05, 4.69) is 26.0 Å². The fourth-order valence-electron chi connectivity index (χ4n) is 3.72. The molecule has 0 unspecified atom stereocenters. The van der Waals surface area contributed by atoms with E-state index in [-0.39, 0.29) is 12.0 Å². The summed E-state index contributed by atoms with van der Waals surface area (Å²) in [5.74, 6) is 0.937. The average molecular weight is 411 g/mol. The number of aromatic nitrogens is 1. The zero-order valence-electron chi connectivity index (χ0n) is 17.1. The van der Waals surface area contributed by atoms with Gasteiger partial charge in [-0.3, -0.25) is 4.79 Å². The maximum Gasteiger partial charge on any atom is 0.274 e. The topological polar surface area (TPSA) is 51.7 Å². The van der Waals surface area contributed by atoms with Crippen molar-refractivity contribution >= 4 is 27.5 Å². The van der Waals surface area contributed by atoms with Crippen molar-refractivity contribution < 1.29 is 14.3 Å². The summed E-state index contributed by atoms with van der Waals surface area (Å²) in [4.78, 5) is 19.3. The Morgan fingerprint density at radius 3 is 2.66 bits per heavy atom. The van der Waals surface area contributed by atoms with Gasteiger partial charge in [0.05, 0.1) is 23.7 Å². The number of amides is 1. The summed E-state index contributed by atoms with van der Waals surface area (Å²) in [5, 5.41) is 0.735. The summed E-state index contributed by atoms with van der Waals surface area (Å²) in [7, 11) is 1.64. The quantitative estimate of drug-likeness (QED) is 0.620. The van der Waals surface area contributed by atoms with Crippen molar-refractivity contribution in [3.63, 3.8) is 0 Å². The summed E-state index contributed by atoms with van der Waals surface area (Å²) >= 11 is 1.62. The molecule has 29 heavy (non-hydrogen) atoms. The van der Waals surface area contributed by atoms with Crippen LogP contribution >= 0.6 is 11.3 Å². The Kier molecular flexibility index (Phi) is 5.72. The normalized spacial score (nSPS) is 14.9. The number of ether oxygens (including phenoxy) is 2. The molecule has 1 aromatic heterocycles. The van der Waals surface area contributed by atoms with Crippen LogP contribution < -0.4 is 9.47 Å². The molecule has 3 aromatic rings. The van der Waals surface area contributed by atoms with E-state index in [1.165, 1.54) is 15.8 Å². The molecule has 0 atom stereocenters. The number of nitrogens with zero attached hydrogens (tertiary/aromatic N) is 2. The molecule has 152 valence electrons. The number of hydrogen-bond acceptors (Lipinski definition) is 5. The Morgan fingerprint density at radius 1 is 1.17 bits per heavy atom. The molecule has 0 spiro atoms. The molecular formula is C23H26N2O3S. The molecule has 0 radical (unpaired) electrons. The van der Waals surface area contributed by atoms with Crippen LogP contribution in [-0.2, 0) is 11.2 Å². The minimum Gasteiger partial charge on any atom is -0.497 e. The van der Waals surface area contributed by atoms with E-state index in [0.717, 1.165) is 48.0 Å². The molecule has 6 heteroatoms. The first-order valence-corrected chi connectivity index (χ1v) is 10.8. The van der Waals surface area contributed by atoms with Gasteiger partial charge in [0.2, 0.25) is 5.91 Å². The summed E-state index contributed by atoms with van der Waals surface area (Å²) in [6.07, 6.45) is 2.17. The van der Waals surface area contributed by atoms with Crippen LogP contribution in [-0.4, -0.2) is 42.1 Å². The van der Waals surface area contributed by atoms with Crippen molar-refractivity contribution in [1.82, 2.24) is 9.88 Å². The van der Waals surface area contributed by atoms with E-state index in [1.807, 2.05) is 29.2 Å². The highest BCUT2D eigenvalue weighted by atomic mass is 32.1. The number of aryl methyl sites for hydroxylation is 2. The summed E-state index contributed by atoms with van der Waals surface area (Å²) in [6, 6.07) is 11.9. The SMILES string of the molecule is COc1cccc(CC(=O)N2CCC(Oc3nc4c(C)ccc(C)c4s3)CC2)c1. The van der Waals surface area contributed by atoms with Crippen molar-refractivity contribution in [2.75, 3.05) is 20.2 Å². The molecule has 0 aliphatic carbocycles. The second-order valence-electron chi connectivity index (χ2n) is 7.58. The summed E-state index contributed by atoms with van der Waals surface area (Å²) in [5.41, 5.74) is 4.43. The van der Waals surface area contributed by atoms with Crippen molar-refractivity contribution in [1.29, 1.82) is 0 Å². The van der Waals surface area contributed by atoms with Crippen LogP contribution in [0, 0.1) is 13.8 Å². The zero-order valence-corrected chi connectivity index (χ0v) is 17.9. The number of fused-ring (bicyclic) bond motifs is 1. The highest BCUT2D eigenvalue weighted by Gasteiger charge is 2.25. The molecule has 1 aliphatic rings. The van der Waals surface area contributed by atoms with Crippen LogP contribution in [0.15, 0.2) is 36.4 Å². The lowest BCUT2D eigenvalue weighted by Crippen LogP contribution is -2.42. The second-order valence-corrected chi connectivity index (χ2v) is 8.54. The lowest BCUT2D eigenvalue weighted by atomic mass is 10.1. The van der Waals surface area contributed by atoms with Crippen molar-refractivity contribution in [3.8, 4) is 10.9 Å². The van der Waals surface area contributed by atoms with Gasteiger partial charge in [-0.25, -0.2) is 4.98 Å². The standard InChI is InChI=1S/C23H26N2O3S/c1-15-7-8-16(2)22-21(15)24-23(29-22)28-18-9-11-25(12-10-18)20(26)14-17-5-4-6-19(13-17)27-3/h4-8,13,18H,9-12,14H2,1-3H3. The van der Waals surface area contributed by atoms with E-state index in [1.54, 1.807) is 18.4 Å². The number of carbonyl (C=O) groups excluding carboxylic acids is 1. The average Bonchev–Trinajstić information content (AvgIpc) is 3.16. The Labute approximate surface area is 175 Å². The van der Waals surface area contributed by atoms with E-state index >= 15 is 0 Å². The highest BCUT2D eigenvalue weighted by molar-refractivity contribution is 7.20. The van der Waals surface area contributed by atoms with Crippen LogP contribution in [0.3, 0.4) is 0 Å². The van der Waals surface area contributed by atoms with E-state index in [4.69, 9.17) is 14.5 Å². The number of thiazole rings is 1. The van der Waals surface area contributed by atoms with Gasteiger partial charge in [0, 0.05) is 25.9 Å². The van der Waals surface area contributed by atoms with E-state index in [9.17, 15) is 4.79 Å². The fourth-order valence-corrected chi connectivity index (χ4v) is 4.75. The lowest BCUT2D eigenvalue weighted by Gasteiger charge is -2.31. The number of methoxy groups -OCH3 is 1. The molecule has 2 heterocycles. The van der Waals surface area contributed by atoms with Gasteiger partial charge in [-0.1, -0.05) is 35.6 Å². The molecule has 4 rings (SSSR count). The van der Waals surface area contributed by atoms with Gasteiger partial charge >= 0.3 is 0 Å². The van der Waals surface area contributed by atoms with E-state index in [0.29, 0.717) is 6.42 Å². The first kappa shape index (κ1) is 19.7. The largest absolute Gasteiger partial charge is 0.497 e. The third-order valence-electron chi connectivity index (χ3n) is 5.47.